The molecule has 142 valence electrons. The van der Waals surface area contributed by atoms with Crippen LogP contribution in [0.5, 0.6) is 5.75 Å². The van der Waals surface area contributed by atoms with E-state index < -0.39 is 5.97 Å². The van der Waals surface area contributed by atoms with Crippen molar-refractivity contribution >= 4 is 34.5 Å². The van der Waals surface area contributed by atoms with E-state index in [1.165, 1.54) is 18.4 Å². The van der Waals surface area contributed by atoms with Crippen LogP contribution < -0.4 is 10.1 Å². The maximum atomic E-state index is 12.3. The summed E-state index contributed by atoms with van der Waals surface area (Å²) < 4.78 is 10.4. The summed E-state index contributed by atoms with van der Waals surface area (Å²) in [5, 5.41) is 3.30. The zero-order chi connectivity index (χ0) is 19.2. The summed E-state index contributed by atoms with van der Waals surface area (Å²) in [7, 11) is 1.35. The van der Waals surface area contributed by atoms with Crippen molar-refractivity contribution in [3.63, 3.8) is 0 Å². The second-order valence-corrected chi connectivity index (χ2v) is 7.39. The second kappa shape index (κ2) is 8.81. The van der Waals surface area contributed by atoms with Gasteiger partial charge in [0, 0.05) is 10.4 Å². The van der Waals surface area contributed by atoms with E-state index in [1.54, 1.807) is 24.3 Å². The Kier molecular flexibility index (Phi) is 6.24. The molecule has 1 N–H and O–H groups in total. The van der Waals surface area contributed by atoms with Crippen LogP contribution in [0.25, 0.3) is 0 Å². The number of esters is 1. The molecule has 0 saturated heterocycles. The standard InChI is InChI=1S/C20H21NO5S/c1-25-20(24)18-15-8-3-2-4-9-16(15)27-19(18)21-17(23)12-26-14-7-5-6-13(10-14)11-22/h5-7,10-11H,2-4,8-9,12H2,1H3,(H,21,23). The molecule has 7 heteroatoms. The molecular weight excluding hydrogens is 366 g/mol. The van der Waals surface area contributed by atoms with Gasteiger partial charge in [0.2, 0.25) is 0 Å². The Morgan fingerprint density at radius 3 is 2.81 bits per heavy atom. The Bertz CT molecular complexity index is 858. The zero-order valence-corrected chi connectivity index (χ0v) is 15.9. The Morgan fingerprint density at radius 2 is 2.04 bits per heavy atom. The van der Waals surface area contributed by atoms with Crippen LogP contribution >= 0.6 is 11.3 Å². The van der Waals surface area contributed by atoms with Crippen molar-refractivity contribution in [1.29, 1.82) is 0 Å². The number of aldehydes is 1. The van der Waals surface area contributed by atoms with E-state index in [0.29, 0.717) is 28.2 Å². The predicted octanol–water partition coefficient (Wildman–Crippen LogP) is 3.63. The van der Waals surface area contributed by atoms with E-state index >= 15 is 0 Å². The SMILES string of the molecule is COC(=O)c1c(NC(=O)COc2cccc(C=O)c2)sc2c1CCCCC2. The monoisotopic (exact) mass is 387 g/mol. The number of carbonyl (C=O) groups excluding carboxylic acids is 3. The van der Waals surface area contributed by atoms with E-state index in [-0.39, 0.29) is 12.5 Å². The van der Waals surface area contributed by atoms with Crippen LogP contribution in [-0.2, 0) is 22.4 Å². The number of methoxy groups -OCH3 is 1. The molecular formula is C20H21NO5S. The minimum atomic E-state index is -0.427. The van der Waals surface area contributed by atoms with Crippen LogP contribution in [-0.4, -0.2) is 31.9 Å². The molecule has 0 spiro atoms. The molecule has 0 saturated carbocycles. The lowest BCUT2D eigenvalue weighted by Gasteiger charge is -2.09. The molecule has 1 aliphatic carbocycles. The van der Waals surface area contributed by atoms with Crippen molar-refractivity contribution in [3.8, 4) is 5.75 Å². The number of aryl methyl sites for hydroxylation is 1. The van der Waals surface area contributed by atoms with Crippen LogP contribution in [0.4, 0.5) is 5.00 Å². The van der Waals surface area contributed by atoms with Crippen molar-refractivity contribution in [3.05, 3.63) is 45.8 Å². The van der Waals surface area contributed by atoms with Gasteiger partial charge >= 0.3 is 5.97 Å². The molecule has 3 rings (SSSR count). The lowest BCUT2D eigenvalue weighted by Crippen LogP contribution is -2.21. The number of anilines is 1. The third-order valence-electron chi connectivity index (χ3n) is 4.43. The van der Waals surface area contributed by atoms with Gasteiger partial charge in [-0.15, -0.1) is 11.3 Å². The summed E-state index contributed by atoms with van der Waals surface area (Å²) in [6.07, 6.45) is 5.69. The molecule has 0 atom stereocenters. The number of thiophene rings is 1. The number of rotatable bonds is 6. The van der Waals surface area contributed by atoms with Gasteiger partial charge in [0.05, 0.1) is 12.7 Å². The van der Waals surface area contributed by atoms with Crippen LogP contribution in [0.2, 0.25) is 0 Å². The second-order valence-electron chi connectivity index (χ2n) is 6.29. The molecule has 0 fully saturated rings. The van der Waals surface area contributed by atoms with E-state index in [0.717, 1.165) is 42.5 Å². The van der Waals surface area contributed by atoms with E-state index in [1.807, 2.05) is 0 Å². The number of fused-ring (bicyclic) bond motifs is 1. The summed E-state index contributed by atoms with van der Waals surface area (Å²) in [6.45, 7) is -0.217. The molecule has 0 unspecified atom stereocenters. The maximum absolute atomic E-state index is 12.3. The highest BCUT2D eigenvalue weighted by molar-refractivity contribution is 7.17. The Morgan fingerprint density at radius 1 is 1.22 bits per heavy atom. The molecule has 1 aromatic carbocycles. The highest BCUT2D eigenvalue weighted by Crippen LogP contribution is 2.37. The van der Waals surface area contributed by atoms with Gasteiger partial charge in [0.1, 0.15) is 17.0 Å². The average molecular weight is 387 g/mol. The predicted molar refractivity (Wildman–Crippen MR) is 103 cm³/mol. The largest absolute Gasteiger partial charge is 0.484 e. The third-order valence-corrected chi connectivity index (χ3v) is 5.64. The number of amides is 1. The smallest absolute Gasteiger partial charge is 0.341 e. The van der Waals surface area contributed by atoms with Crippen LogP contribution in [0, 0.1) is 0 Å². The summed E-state index contributed by atoms with van der Waals surface area (Å²) in [5.41, 5.74) is 1.94. The van der Waals surface area contributed by atoms with Crippen molar-refractivity contribution in [2.24, 2.45) is 0 Å². The molecule has 1 heterocycles. The first-order valence-electron chi connectivity index (χ1n) is 8.83. The number of benzene rings is 1. The fourth-order valence-corrected chi connectivity index (χ4v) is 4.43. The molecule has 27 heavy (non-hydrogen) atoms. The number of ether oxygens (including phenoxy) is 2. The molecule has 1 amide bonds. The quantitative estimate of drug-likeness (QED) is 0.465. The van der Waals surface area contributed by atoms with E-state index in [4.69, 9.17) is 9.47 Å². The highest BCUT2D eigenvalue weighted by atomic mass is 32.1. The van der Waals surface area contributed by atoms with Crippen molar-refractivity contribution in [2.75, 3.05) is 19.0 Å². The molecule has 1 aromatic heterocycles. The first-order chi connectivity index (χ1) is 13.1. The topological polar surface area (TPSA) is 81.7 Å². The molecule has 6 nitrogen and oxygen atoms in total. The van der Waals surface area contributed by atoms with Gasteiger partial charge in [-0.1, -0.05) is 18.6 Å². The van der Waals surface area contributed by atoms with Crippen molar-refractivity contribution < 1.29 is 23.9 Å². The summed E-state index contributed by atoms with van der Waals surface area (Å²) in [4.78, 5) is 36.6. The molecule has 0 aliphatic heterocycles. The van der Waals surface area contributed by atoms with Crippen LogP contribution in [0.1, 0.15) is 50.4 Å². The van der Waals surface area contributed by atoms with Crippen LogP contribution in [0.3, 0.4) is 0 Å². The summed E-state index contributed by atoms with van der Waals surface area (Å²) in [6, 6.07) is 6.57. The number of hydrogen-bond donors (Lipinski definition) is 1. The van der Waals surface area contributed by atoms with Gasteiger partial charge < -0.3 is 14.8 Å². The van der Waals surface area contributed by atoms with Gasteiger partial charge in [-0.2, -0.15) is 0 Å². The zero-order valence-electron chi connectivity index (χ0n) is 15.1. The van der Waals surface area contributed by atoms with Gasteiger partial charge in [0.25, 0.3) is 5.91 Å². The Labute approximate surface area is 161 Å². The Hall–Kier alpha value is -2.67. The molecule has 0 radical (unpaired) electrons. The lowest BCUT2D eigenvalue weighted by molar-refractivity contribution is -0.118. The summed E-state index contributed by atoms with van der Waals surface area (Å²) in [5.74, 6) is -0.359. The first-order valence-corrected chi connectivity index (χ1v) is 9.64. The minimum Gasteiger partial charge on any atom is -0.484 e. The average Bonchev–Trinajstić information content (AvgIpc) is 2.86. The fourth-order valence-electron chi connectivity index (χ4n) is 3.14. The number of nitrogens with one attached hydrogen (secondary N) is 1. The van der Waals surface area contributed by atoms with Crippen molar-refractivity contribution in [1.82, 2.24) is 0 Å². The lowest BCUT2D eigenvalue weighted by atomic mass is 10.1. The first kappa shape index (κ1) is 19.1. The maximum Gasteiger partial charge on any atom is 0.341 e. The van der Waals surface area contributed by atoms with Crippen LogP contribution in [0.15, 0.2) is 24.3 Å². The molecule has 2 aromatic rings. The third kappa shape index (κ3) is 4.54. The van der Waals surface area contributed by atoms with Gasteiger partial charge in [-0.25, -0.2) is 4.79 Å². The normalized spacial score (nSPS) is 13.2. The van der Waals surface area contributed by atoms with Gasteiger partial charge in [-0.05, 0) is 43.4 Å². The van der Waals surface area contributed by atoms with Gasteiger partial charge in [-0.3, -0.25) is 9.59 Å². The van der Waals surface area contributed by atoms with E-state index in [9.17, 15) is 14.4 Å². The highest BCUT2D eigenvalue weighted by Gasteiger charge is 2.26. The fraction of sp³-hybridized carbons (Fsp3) is 0.350. The molecule has 1 aliphatic rings. The number of hydrogen-bond acceptors (Lipinski definition) is 6. The van der Waals surface area contributed by atoms with Crippen molar-refractivity contribution in [2.45, 2.75) is 32.1 Å². The van der Waals surface area contributed by atoms with Gasteiger partial charge in [0.15, 0.2) is 6.61 Å². The molecule has 0 bridgehead atoms. The van der Waals surface area contributed by atoms with E-state index in [2.05, 4.69) is 5.32 Å². The minimum absolute atomic E-state index is 0.217. The summed E-state index contributed by atoms with van der Waals surface area (Å²) >= 11 is 1.44. The Balaban J connectivity index is 1.73. The number of carbonyl (C=O) groups is 3.